The Hall–Kier alpha value is -2.50. The number of hydrogen-bond donors (Lipinski definition) is 0. The highest BCUT2D eigenvalue weighted by atomic mass is 16.5. The van der Waals surface area contributed by atoms with E-state index < -0.39 is 0 Å². The van der Waals surface area contributed by atoms with Gasteiger partial charge in [0.15, 0.2) is 6.61 Å². The Labute approximate surface area is 145 Å². The summed E-state index contributed by atoms with van der Waals surface area (Å²) in [4.78, 5) is 24.5. The summed E-state index contributed by atoms with van der Waals surface area (Å²) in [5.41, 5.74) is 0.825. The molecule has 0 unspecified atom stereocenters. The highest BCUT2D eigenvalue weighted by molar-refractivity contribution is 5.87. The average Bonchev–Trinajstić information content (AvgIpc) is 3.09. The number of aromatic nitrogens is 2. The largest absolute Gasteiger partial charge is 0.455 e. The van der Waals surface area contributed by atoms with Gasteiger partial charge in [-0.2, -0.15) is 0 Å². The molecule has 6 heteroatoms. The topological polar surface area (TPSA) is 82.3 Å². The first-order valence-electron chi connectivity index (χ1n) is 8.79. The normalized spacial score (nSPS) is 25.6. The fourth-order valence-electron chi connectivity index (χ4n) is 3.93. The molecule has 0 saturated heterocycles. The molecule has 1 heterocycles. The van der Waals surface area contributed by atoms with Crippen LogP contribution < -0.4 is 0 Å². The van der Waals surface area contributed by atoms with Gasteiger partial charge in [-0.25, -0.2) is 0 Å². The lowest BCUT2D eigenvalue weighted by Gasteiger charge is -2.36. The van der Waals surface area contributed by atoms with Crippen molar-refractivity contribution in [1.82, 2.24) is 10.2 Å². The molecule has 2 aromatic rings. The molecule has 2 aliphatic rings. The van der Waals surface area contributed by atoms with Crippen LogP contribution in [0.25, 0.3) is 11.5 Å². The Morgan fingerprint density at radius 3 is 2.56 bits per heavy atom. The first-order chi connectivity index (χ1) is 12.2. The molecule has 0 spiro atoms. The van der Waals surface area contributed by atoms with Crippen LogP contribution in [0.4, 0.5) is 0 Å². The summed E-state index contributed by atoms with van der Waals surface area (Å²) in [6, 6.07) is 9.44. The summed E-state index contributed by atoms with van der Waals surface area (Å²) in [5, 5.41) is 7.91. The predicted molar refractivity (Wildman–Crippen MR) is 88.1 cm³/mol. The SMILES string of the molecule is O=C(OCc1nnc(-c2ccccc2)o1)C1C[C@H]2CCC[C@H](C1)C2=O. The molecule has 0 radical (unpaired) electrons. The van der Waals surface area contributed by atoms with E-state index in [0.29, 0.717) is 24.5 Å². The third-order valence-electron chi connectivity index (χ3n) is 5.21. The van der Waals surface area contributed by atoms with Gasteiger partial charge in [-0.05, 0) is 37.8 Å². The van der Waals surface area contributed by atoms with Gasteiger partial charge in [0, 0.05) is 17.4 Å². The summed E-state index contributed by atoms with van der Waals surface area (Å²) < 4.78 is 10.9. The molecular formula is C19H20N2O4. The zero-order valence-corrected chi connectivity index (χ0v) is 13.9. The number of rotatable bonds is 4. The number of nitrogens with zero attached hydrogens (tertiary/aromatic N) is 2. The summed E-state index contributed by atoms with van der Waals surface area (Å²) in [6.07, 6.45) is 4.14. The second-order valence-electron chi connectivity index (χ2n) is 6.87. The minimum Gasteiger partial charge on any atom is -0.455 e. The van der Waals surface area contributed by atoms with E-state index >= 15 is 0 Å². The van der Waals surface area contributed by atoms with Gasteiger partial charge < -0.3 is 9.15 Å². The van der Waals surface area contributed by atoms with Gasteiger partial charge in [-0.15, -0.1) is 10.2 Å². The van der Waals surface area contributed by atoms with Crippen molar-refractivity contribution in [3.8, 4) is 11.5 Å². The van der Waals surface area contributed by atoms with Gasteiger partial charge >= 0.3 is 5.97 Å². The minimum atomic E-state index is -0.260. The van der Waals surface area contributed by atoms with Crippen molar-refractivity contribution < 1.29 is 18.7 Å². The fraction of sp³-hybridized carbons (Fsp3) is 0.474. The minimum absolute atomic E-state index is 0.0293. The number of esters is 1. The molecule has 0 aliphatic heterocycles. The zero-order valence-electron chi connectivity index (χ0n) is 13.9. The van der Waals surface area contributed by atoms with Gasteiger partial charge in [0.25, 0.3) is 5.89 Å². The standard InChI is InChI=1S/C19H20N2O4/c22-17-13-7-4-8-14(17)10-15(9-13)19(23)24-11-16-20-21-18(25-16)12-5-2-1-3-6-12/h1-3,5-6,13-15H,4,7-11H2/t13-,14-/m1/s1. The van der Waals surface area contributed by atoms with E-state index in [4.69, 9.17) is 9.15 Å². The van der Waals surface area contributed by atoms with E-state index in [2.05, 4.69) is 10.2 Å². The Balaban J connectivity index is 1.35. The molecule has 2 atom stereocenters. The fourth-order valence-corrected chi connectivity index (χ4v) is 3.93. The number of hydrogen-bond acceptors (Lipinski definition) is 6. The Bertz CT molecular complexity index is 755. The Morgan fingerprint density at radius 1 is 1.12 bits per heavy atom. The third kappa shape index (κ3) is 3.34. The average molecular weight is 340 g/mol. The number of ether oxygens (including phenoxy) is 1. The molecule has 6 nitrogen and oxygen atoms in total. The lowest BCUT2D eigenvalue weighted by atomic mass is 9.67. The molecule has 130 valence electrons. The van der Waals surface area contributed by atoms with E-state index in [-0.39, 0.29) is 36.2 Å². The number of carbonyl (C=O) groups excluding carboxylic acids is 2. The number of fused-ring (bicyclic) bond motifs is 2. The number of ketones is 1. The quantitative estimate of drug-likeness (QED) is 0.795. The Kier molecular flexibility index (Phi) is 4.34. The summed E-state index contributed by atoms with van der Waals surface area (Å²) >= 11 is 0. The van der Waals surface area contributed by atoms with Crippen LogP contribution in [-0.4, -0.2) is 21.9 Å². The lowest BCUT2D eigenvalue weighted by Crippen LogP contribution is -2.39. The van der Waals surface area contributed by atoms with Crippen LogP contribution in [-0.2, 0) is 20.9 Å². The van der Waals surface area contributed by atoms with Gasteiger partial charge in [-0.1, -0.05) is 24.6 Å². The summed E-state index contributed by atoms with van der Waals surface area (Å²) in [5.74, 6) is 0.660. The third-order valence-corrected chi connectivity index (χ3v) is 5.21. The lowest BCUT2D eigenvalue weighted by molar-refractivity contribution is -0.155. The zero-order chi connectivity index (χ0) is 17.2. The molecule has 25 heavy (non-hydrogen) atoms. The summed E-state index contributed by atoms with van der Waals surface area (Å²) in [7, 11) is 0. The molecule has 0 N–H and O–H groups in total. The first-order valence-corrected chi connectivity index (χ1v) is 8.79. The molecule has 4 rings (SSSR count). The molecule has 2 bridgehead atoms. The molecule has 2 aliphatic carbocycles. The van der Waals surface area contributed by atoms with Crippen LogP contribution in [0.1, 0.15) is 38.0 Å². The predicted octanol–water partition coefficient (Wildman–Crippen LogP) is 3.18. The van der Waals surface area contributed by atoms with Gasteiger partial charge in [0.05, 0.1) is 5.92 Å². The first kappa shape index (κ1) is 16.0. The van der Waals surface area contributed by atoms with Crippen molar-refractivity contribution >= 4 is 11.8 Å². The van der Waals surface area contributed by atoms with Crippen molar-refractivity contribution in [2.24, 2.45) is 17.8 Å². The Morgan fingerprint density at radius 2 is 1.84 bits per heavy atom. The van der Waals surface area contributed by atoms with Crippen LogP contribution in [0.15, 0.2) is 34.7 Å². The van der Waals surface area contributed by atoms with Crippen LogP contribution in [0.3, 0.4) is 0 Å². The molecule has 2 fully saturated rings. The maximum absolute atomic E-state index is 12.4. The van der Waals surface area contributed by atoms with E-state index in [0.717, 1.165) is 24.8 Å². The number of carbonyl (C=O) groups is 2. The van der Waals surface area contributed by atoms with Crippen molar-refractivity contribution in [1.29, 1.82) is 0 Å². The monoisotopic (exact) mass is 340 g/mol. The molecular weight excluding hydrogens is 320 g/mol. The summed E-state index contributed by atoms with van der Waals surface area (Å²) in [6.45, 7) is -0.0293. The van der Waals surface area contributed by atoms with Gasteiger partial charge in [0.2, 0.25) is 5.89 Å². The van der Waals surface area contributed by atoms with Crippen LogP contribution in [0, 0.1) is 17.8 Å². The van der Waals surface area contributed by atoms with Gasteiger partial charge in [0.1, 0.15) is 5.78 Å². The highest BCUT2D eigenvalue weighted by Gasteiger charge is 2.41. The number of benzene rings is 1. The second kappa shape index (κ2) is 6.78. The smallest absolute Gasteiger partial charge is 0.309 e. The van der Waals surface area contributed by atoms with Crippen molar-refractivity contribution in [2.75, 3.05) is 0 Å². The highest BCUT2D eigenvalue weighted by Crippen LogP contribution is 2.40. The van der Waals surface area contributed by atoms with Crippen molar-refractivity contribution in [3.05, 3.63) is 36.2 Å². The van der Waals surface area contributed by atoms with Crippen LogP contribution in [0.2, 0.25) is 0 Å². The molecule has 1 aromatic carbocycles. The van der Waals surface area contributed by atoms with E-state index in [9.17, 15) is 9.59 Å². The maximum atomic E-state index is 12.4. The molecule has 0 amide bonds. The molecule has 2 saturated carbocycles. The maximum Gasteiger partial charge on any atom is 0.309 e. The number of Topliss-reactive ketones (excluding diaryl/α,β-unsaturated/α-hetero) is 1. The van der Waals surface area contributed by atoms with Crippen LogP contribution in [0.5, 0.6) is 0 Å². The molecule has 1 aromatic heterocycles. The van der Waals surface area contributed by atoms with E-state index in [1.807, 2.05) is 30.3 Å². The van der Waals surface area contributed by atoms with E-state index in [1.165, 1.54) is 0 Å². The van der Waals surface area contributed by atoms with E-state index in [1.54, 1.807) is 0 Å². The van der Waals surface area contributed by atoms with Crippen LogP contribution >= 0.6 is 0 Å². The van der Waals surface area contributed by atoms with Crippen molar-refractivity contribution in [2.45, 2.75) is 38.7 Å². The second-order valence-corrected chi connectivity index (χ2v) is 6.87. The van der Waals surface area contributed by atoms with Gasteiger partial charge in [-0.3, -0.25) is 9.59 Å². The van der Waals surface area contributed by atoms with Crippen molar-refractivity contribution in [3.63, 3.8) is 0 Å².